The van der Waals surface area contributed by atoms with Crippen molar-refractivity contribution in [2.24, 2.45) is 0 Å². The van der Waals surface area contributed by atoms with Gasteiger partial charge in [0.1, 0.15) is 6.33 Å². The van der Waals surface area contributed by atoms with Crippen molar-refractivity contribution >= 4 is 18.0 Å². The number of hydrogen-bond acceptors (Lipinski definition) is 6. The van der Waals surface area contributed by atoms with Crippen molar-refractivity contribution in [2.45, 2.75) is 6.92 Å². The number of aromatic nitrogens is 8. The molecular weight excluding hydrogens is 316 g/mol. The summed E-state index contributed by atoms with van der Waals surface area (Å²) in [6.07, 6.45) is 1.43. The summed E-state index contributed by atoms with van der Waals surface area (Å²) in [5, 5.41) is 12.6. The molecule has 3 heterocycles. The number of tetrazole rings is 1. The number of nitrogens with one attached hydrogen (secondary N) is 2. The molecule has 1 aromatic carbocycles. The highest BCUT2D eigenvalue weighted by Crippen LogP contribution is 2.03. The molecule has 0 spiro atoms. The highest BCUT2D eigenvalue weighted by Gasteiger charge is 1.98. The molecule has 9 nitrogen and oxygen atoms in total. The first kappa shape index (κ1) is 14.8. The van der Waals surface area contributed by atoms with Gasteiger partial charge in [-0.3, -0.25) is 9.89 Å². The van der Waals surface area contributed by atoms with Crippen LogP contribution in [0.2, 0.25) is 0 Å². The number of rotatable bonds is 1. The Labute approximate surface area is 134 Å². The van der Waals surface area contributed by atoms with E-state index in [0.717, 1.165) is 5.69 Å². The Morgan fingerprint density at radius 2 is 2.00 bits per heavy atom. The van der Waals surface area contributed by atoms with Gasteiger partial charge in [-0.25, -0.2) is 14.6 Å². The van der Waals surface area contributed by atoms with E-state index in [9.17, 15) is 4.79 Å². The van der Waals surface area contributed by atoms with E-state index in [1.807, 2.05) is 30.3 Å². The van der Waals surface area contributed by atoms with Gasteiger partial charge in [0.25, 0.3) is 11.3 Å². The van der Waals surface area contributed by atoms with Crippen LogP contribution in [-0.2, 0) is 0 Å². The summed E-state index contributed by atoms with van der Waals surface area (Å²) in [7, 11) is 0. The van der Waals surface area contributed by atoms with Crippen LogP contribution in [-0.4, -0.2) is 39.8 Å². The summed E-state index contributed by atoms with van der Waals surface area (Å²) >= 11 is 4.93. The second kappa shape index (κ2) is 6.32. The van der Waals surface area contributed by atoms with Crippen LogP contribution in [0.1, 0.15) is 5.69 Å². The molecule has 0 unspecified atom stereocenters. The van der Waals surface area contributed by atoms with E-state index < -0.39 is 0 Å². The third-order valence-electron chi connectivity index (χ3n) is 2.88. The van der Waals surface area contributed by atoms with Crippen LogP contribution >= 0.6 is 12.2 Å². The van der Waals surface area contributed by atoms with E-state index >= 15 is 0 Å². The minimum atomic E-state index is -0.134. The Bertz CT molecular complexity index is 1030. The van der Waals surface area contributed by atoms with Gasteiger partial charge in [-0.05, 0) is 31.3 Å². The van der Waals surface area contributed by atoms with Crippen molar-refractivity contribution in [3.8, 4) is 5.69 Å². The fourth-order valence-electron chi connectivity index (χ4n) is 1.88. The molecule has 4 aromatic rings. The normalized spacial score (nSPS) is 10.3. The Morgan fingerprint density at radius 1 is 1.22 bits per heavy atom. The number of H-pyrrole nitrogens is 2. The molecular formula is C13H12N8OS. The van der Waals surface area contributed by atoms with Gasteiger partial charge in [-0.15, -0.1) is 0 Å². The summed E-state index contributed by atoms with van der Waals surface area (Å²) < 4.78 is 3.35. The Balaban J connectivity index is 0.000000136. The maximum Gasteiger partial charge on any atom is 0.274 e. The zero-order valence-electron chi connectivity index (χ0n) is 12.0. The number of aryl methyl sites for hydroxylation is 1. The average Bonchev–Trinajstić information content (AvgIpc) is 3.17. The summed E-state index contributed by atoms with van der Waals surface area (Å²) in [4.78, 5) is 19.0. The number of benzene rings is 1. The molecule has 0 saturated heterocycles. The maximum atomic E-state index is 11.1. The van der Waals surface area contributed by atoms with Gasteiger partial charge in [0.15, 0.2) is 0 Å². The first-order chi connectivity index (χ1) is 11.1. The molecule has 0 amide bonds. The molecule has 4 rings (SSSR count). The predicted molar refractivity (Wildman–Crippen MR) is 84.9 cm³/mol. The van der Waals surface area contributed by atoms with Crippen LogP contribution in [0, 0.1) is 11.7 Å². The first-order valence-corrected chi connectivity index (χ1v) is 7.01. The Morgan fingerprint density at radius 3 is 2.70 bits per heavy atom. The molecule has 0 aliphatic carbocycles. The minimum absolute atomic E-state index is 0.134. The van der Waals surface area contributed by atoms with E-state index in [-0.39, 0.29) is 5.56 Å². The quantitative estimate of drug-likeness (QED) is 0.505. The number of nitrogens with zero attached hydrogens (tertiary/aromatic N) is 6. The zero-order valence-corrected chi connectivity index (χ0v) is 12.9. The number of hydrogen-bond donors (Lipinski definition) is 2. The lowest BCUT2D eigenvalue weighted by Gasteiger charge is -1.97. The van der Waals surface area contributed by atoms with Gasteiger partial charge >= 0.3 is 0 Å². The topological polar surface area (TPSA) is 110 Å². The molecule has 0 fully saturated rings. The van der Waals surface area contributed by atoms with Crippen LogP contribution < -0.4 is 5.56 Å². The molecule has 10 heteroatoms. The fourth-order valence-corrected chi connectivity index (χ4v) is 2.06. The summed E-state index contributed by atoms with van der Waals surface area (Å²) in [6.45, 7) is 1.76. The van der Waals surface area contributed by atoms with Crippen molar-refractivity contribution in [3.63, 3.8) is 0 Å². The van der Waals surface area contributed by atoms with Gasteiger partial charge in [0, 0.05) is 11.8 Å². The highest BCUT2D eigenvalue weighted by molar-refractivity contribution is 7.71. The lowest BCUT2D eigenvalue weighted by molar-refractivity contribution is 0.786. The fraction of sp³-hybridized carbons (Fsp3) is 0.0769. The molecule has 0 aliphatic heterocycles. The summed E-state index contributed by atoms with van der Waals surface area (Å²) in [5.74, 6) is 0.412. The van der Waals surface area contributed by atoms with Crippen LogP contribution in [0.5, 0.6) is 0 Å². The molecule has 2 N–H and O–H groups in total. The third-order valence-corrected chi connectivity index (χ3v) is 3.15. The van der Waals surface area contributed by atoms with Crippen molar-refractivity contribution < 1.29 is 0 Å². The maximum absolute atomic E-state index is 11.1. The first-order valence-electron chi connectivity index (χ1n) is 6.60. The monoisotopic (exact) mass is 328 g/mol. The summed E-state index contributed by atoms with van der Waals surface area (Å²) in [5.41, 5.74) is 1.49. The number of fused-ring (bicyclic) bond motifs is 1. The smallest absolute Gasteiger partial charge is 0.274 e. The number of para-hydroxylation sites is 1. The SMILES string of the molecule is Cc1cc(=O)n2[nH]cnc2n1.S=c1nn[nH]n1-c1ccccc1. The second-order valence-electron chi connectivity index (χ2n) is 4.51. The molecule has 23 heavy (non-hydrogen) atoms. The number of aromatic amines is 2. The average molecular weight is 328 g/mol. The van der Waals surface area contributed by atoms with Crippen molar-refractivity contribution in [3.05, 3.63) is 63.5 Å². The van der Waals surface area contributed by atoms with Crippen LogP contribution in [0.4, 0.5) is 0 Å². The molecule has 0 radical (unpaired) electrons. The molecule has 116 valence electrons. The molecule has 3 aromatic heterocycles. The van der Waals surface area contributed by atoms with Crippen LogP contribution in [0.15, 0.2) is 47.5 Å². The van der Waals surface area contributed by atoms with Crippen molar-refractivity contribution in [1.82, 2.24) is 39.8 Å². The largest absolute Gasteiger partial charge is 0.278 e. The van der Waals surface area contributed by atoms with E-state index in [1.165, 1.54) is 16.9 Å². The third kappa shape index (κ3) is 3.21. The van der Waals surface area contributed by atoms with Crippen molar-refractivity contribution in [1.29, 1.82) is 0 Å². The predicted octanol–water partition coefficient (Wildman–Crippen LogP) is 1.05. The standard InChI is InChI=1S/C7H6N4S.C6H6N4O/c12-7-8-9-10-11(7)6-4-2-1-3-5-6;1-4-2-5(11)10-6(9-4)7-3-8-10/h1-5H,(H,8,10,12);2-3H,1H3,(H,7,8,9). The van der Waals surface area contributed by atoms with Gasteiger partial charge in [-0.1, -0.05) is 28.5 Å². The van der Waals surface area contributed by atoms with Crippen LogP contribution in [0.25, 0.3) is 11.5 Å². The molecule has 0 bridgehead atoms. The molecule has 0 aliphatic rings. The van der Waals surface area contributed by atoms with Gasteiger partial charge < -0.3 is 0 Å². The lowest BCUT2D eigenvalue weighted by Crippen LogP contribution is -2.14. The van der Waals surface area contributed by atoms with E-state index in [0.29, 0.717) is 16.2 Å². The van der Waals surface area contributed by atoms with Crippen LogP contribution in [0.3, 0.4) is 0 Å². The Kier molecular flexibility index (Phi) is 4.06. The zero-order chi connectivity index (χ0) is 16.2. The molecule has 0 atom stereocenters. The van der Waals surface area contributed by atoms with Crippen molar-refractivity contribution in [2.75, 3.05) is 0 Å². The van der Waals surface area contributed by atoms with E-state index in [4.69, 9.17) is 12.2 Å². The van der Waals surface area contributed by atoms with Gasteiger partial charge in [-0.2, -0.15) is 9.73 Å². The molecule has 0 saturated carbocycles. The van der Waals surface area contributed by atoms with E-state index in [2.05, 4.69) is 30.6 Å². The van der Waals surface area contributed by atoms with Gasteiger partial charge in [0.2, 0.25) is 4.77 Å². The van der Waals surface area contributed by atoms with Gasteiger partial charge in [0.05, 0.1) is 5.69 Å². The Hall–Kier alpha value is -3.14. The highest BCUT2D eigenvalue weighted by atomic mass is 32.1. The van der Waals surface area contributed by atoms with E-state index in [1.54, 1.807) is 11.6 Å². The minimum Gasteiger partial charge on any atom is -0.278 e. The summed E-state index contributed by atoms with van der Waals surface area (Å²) in [6, 6.07) is 11.1. The lowest BCUT2D eigenvalue weighted by atomic mass is 10.3. The second-order valence-corrected chi connectivity index (χ2v) is 4.88.